The maximum Gasteiger partial charge on any atom is 0.221 e. The molecule has 2 heterocycles. The van der Waals surface area contributed by atoms with Gasteiger partial charge in [0.2, 0.25) is 5.91 Å². The number of pyridine rings is 1. The molecule has 114 valence electrons. The van der Waals surface area contributed by atoms with Gasteiger partial charge in [0.25, 0.3) is 0 Å². The highest BCUT2D eigenvalue weighted by atomic mass is 16.1. The minimum Gasteiger partial charge on any atom is -0.370 e. The summed E-state index contributed by atoms with van der Waals surface area (Å²) in [5.41, 5.74) is 0. The van der Waals surface area contributed by atoms with E-state index in [9.17, 15) is 4.79 Å². The van der Waals surface area contributed by atoms with Gasteiger partial charge < -0.3 is 15.5 Å². The fraction of sp³-hybridized carbons (Fsp3) is 0.625. The number of likely N-dealkylation sites (tertiary alicyclic amines) is 1. The van der Waals surface area contributed by atoms with Crippen LogP contribution in [0.4, 0.5) is 5.82 Å². The van der Waals surface area contributed by atoms with Gasteiger partial charge in [0.05, 0.1) is 0 Å². The van der Waals surface area contributed by atoms with Crippen molar-refractivity contribution in [3.05, 3.63) is 24.4 Å². The molecule has 0 bridgehead atoms. The Morgan fingerprint density at radius 1 is 1.33 bits per heavy atom. The van der Waals surface area contributed by atoms with Gasteiger partial charge in [-0.2, -0.15) is 0 Å². The number of hydrogen-bond donors (Lipinski definition) is 2. The van der Waals surface area contributed by atoms with Crippen molar-refractivity contribution in [3.63, 3.8) is 0 Å². The van der Waals surface area contributed by atoms with Gasteiger partial charge in [0, 0.05) is 38.3 Å². The highest BCUT2D eigenvalue weighted by Gasteiger charge is 2.25. The Hall–Kier alpha value is -1.62. The molecule has 21 heavy (non-hydrogen) atoms. The van der Waals surface area contributed by atoms with E-state index in [1.54, 1.807) is 0 Å². The minimum atomic E-state index is 0.215. The maximum atomic E-state index is 11.7. The average Bonchev–Trinajstić information content (AvgIpc) is 3.20. The molecule has 2 N–H and O–H groups in total. The number of rotatable bonds is 7. The Kier molecular flexibility index (Phi) is 4.70. The number of carbonyl (C=O) groups is 1. The van der Waals surface area contributed by atoms with Gasteiger partial charge in [-0.1, -0.05) is 6.07 Å². The molecule has 2 fully saturated rings. The Bertz CT molecular complexity index is 461. The Morgan fingerprint density at radius 3 is 3.00 bits per heavy atom. The van der Waals surface area contributed by atoms with Crippen molar-refractivity contribution in [2.75, 3.05) is 31.5 Å². The predicted octanol–water partition coefficient (Wildman–Crippen LogP) is 1.48. The number of nitrogens with one attached hydrogen (secondary N) is 2. The van der Waals surface area contributed by atoms with Crippen LogP contribution in [0, 0.1) is 5.92 Å². The number of amides is 1. The van der Waals surface area contributed by atoms with Crippen LogP contribution in [0.2, 0.25) is 0 Å². The van der Waals surface area contributed by atoms with Crippen LogP contribution in [0.1, 0.15) is 25.7 Å². The molecule has 0 spiro atoms. The number of aromatic nitrogens is 1. The summed E-state index contributed by atoms with van der Waals surface area (Å²) in [7, 11) is 0. The second-order valence-electron chi connectivity index (χ2n) is 6.14. The molecular weight excluding hydrogens is 264 g/mol. The van der Waals surface area contributed by atoms with E-state index >= 15 is 0 Å². The third-order valence-electron chi connectivity index (χ3n) is 4.20. The third kappa shape index (κ3) is 4.70. The van der Waals surface area contributed by atoms with Crippen molar-refractivity contribution in [1.29, 1.82) is 0 Å². The molecular formula is C16H24N4O. The van der Waals surface area contributed by atoms with Gasteiger partial charge in [-0.25, -0.2) is 4.98 Å². The van der Waals surface area contributed by atoms with E-state index < -0.39 is 0 Å². The summed E-state index contributed by atoms with van der Waals surface area (Å²) < 4.78 is 0. The normalized spacial score (nSPS) is 22.2. The highest BCUT2D eigenvalue weighted by molar-refractivity contribution is 5.76. The Morgan fingerprint density at radius 2 is 2.24 bits per heavy atom. The lowest BCUT2D eigenvalue weighted by atomic mass is 10.1. The van der Waals surface area contributed by atoms with Crippen LogP contribution in [-0.2, 0) is 4.79 Å². The molecule has 1 aliphatic heterocycles. The highest BCUT2D eigenvalue weighted by Crippen LogP contribution is 2.19. The summed E-state index contributed by atoms with van der Waals surface area (Å²) in [6.45, 7) is 4.03. The van der Waals surface area contributed by atoms with Crippen molar-refractivity contribution in [1.82, 2.24) is 15.2 Å². The molecule has 0 radical (unpaired) electrons. The molecule has 1 amide bonds. The molecule has 1 aliphatic carbocycles. The van der Waals surface area contributed by atoms with Crippen LogP contribution >= 0.6 is 0 Å². The first-order valence-corrected chi connectivity index (χ1v) is 7.96. The van der Waals surface area contributed by atoms with E-state index in [0.717, 1.165) is 44.8 Å². The predicted molar refractivity (Wildman–Crippen MR) is 83.1 cm³/mol. The molecule has 0 unspecified atom stereocenters. The van der Waals surface area contributed by atoms with Crippen molar-refractivity contribution in [2.45, 2.75) is 31.7 Å². The summed E-state index contributed by atoms with van der Waals surface area (Å²) >= 11 is 0. The second-order valence-corrected chi connectivity index (χ2v) is 6.14. The quantitative estimate of drug-likeness (QED) is 0.798. The van der Waals surface area contributed by atoms with Crippen molar-refractivity contribution >= 4 is 11.7 Å². The maximum absolute atomic E-state index is 11.7. The number of carbonyl (C=O) groups excluding carboxylic acids is 1. The van der Waals surface area contributed by atoms with E-state index in [4.69, 9.17) is 0 Å². The van der Waals surface area contributed by atoms with Gasteiger partial charge in [0.1, 0.15) is 5.82 Å². The monoisotopic (exact) mass is 288 g/mol. The molecule has 0 aromatic carbocycles. The number of hydrogen-bond acceptors (Lipinski definition) is 4. The molecule has 2 aliphatic rings. The first-order chi connectivity index (χ1) is 10.3. The zero-order chi connectivity index (χ0) is 14.5. The van der Waals surface area contributed by atoms with Crippen LogP contribution < -0.4 is 10.6 Å². The molecule has 1 aromatic heterocycles. The van der Waals surface area contributed by atoms with Gasteiger partial charge in [-0.3, -0.25) is 4.79 Å². The lowest BCUT2D eigenvalue weighted by Gasteiger charge is -2.16. The Labute approximate surface area is 126 Å². The first kappa shape index (κ1) is 14.3. The topological polar surface area (TPSA) is 57.3 Å². The van der Waals surface area contributed by atoms with E-state index in [0.29, 0.717) is 18.4 Å². The summed E-state index contributed by atoms with van der Waals surface area (Å²) in [5.74, 6) is 1.81. The van der Waals surface area contributed by atoms with Gasteiger partial charge >= 0.3 is 0 Å². The average molecular weight is 288 g/mol. The van der Waals surface area contributed by atoms with Gasteiger partial charge in [-0.05, 0) is 43.9 Å². The van der Waals surface area contributed by atoms with Crippen LogP contribution in [0.25, 0.3) is 0 Å². The molecule has 1 saturated heterocycles. The van der Waals surface area contributed by atoms with E-state index in [2.05, 4.69) is 20.5 Å². The van der Waals surface area contributed by atoms with Gasteiger partial charge in [-0.15, -0.1) is 0 Å². The molecule has 1 atom stereocenters. The van der Waals surface area contributed by atoms with Crippen molar-refractivity contribution < 1.29 is 4.79 Å². The standard InChI is InChI=1S/C16H24N4O/c21-16(19-14-4-5-14)7-10-20-9-6-13(12-20)11-18-15-3-1-2-8-17-15/h1-3,8,13-14H,4-7,9-12H2,(H,17,18)(H,19,21)/t13-/m0/s1. The van der Waals surface area contributed by atoms with Crippen LogP contribution in [0.15, 0.2) is 24.4 Å². The summed E-state index contributed by atoms with van der Waals surface area (Å²) in [6, 6.07) is 6.39. The summed E-state index contributed by atoms with van der Waals surface area (Å²) in [4.78, 5) is 18.4. The minimum absolute atomic E-state index is 0.215. The van der Waals surface area contributed by atoms with Gasteiger partial charge in [0.15, 0.2) is 0 Å². The fourth-order valence-electron chi connectivity index (χ4n) is 2.79. The second kappa shape index (κ2) is 6.89. The SMILES string of the molecule is O=C(CCN1CC[C@@H](CNc2ccccn2)C1)NC1CC1. The first-order valence-electron chi connectivity index (χ1n) is 7.96. The summed E-state index contributed by atoms with van der Waals surface area (Å²) in [6.07, 6.45) is 5.97. The fourth-order valence-corrected chi connectivity index (χ4v) is 2.79. The third-order valence-corrected chi connectivity index (χ3v) is 4.20. The van der Waals surface area contributed by atoms with Crippen LogP contribution in [0.5, 0.6) is 0 Å². The molecule has 1 saturated carbocycles. The van der Waals surface area contributed by atoms with E-state index in [-0.39, 0.29) is 5.91 Å². The number of anilines is 1. The van der Waals surface area contributed by atoms with Crippen LogP contribution in [0.3, 0.4) is 0 Å². The van der Waals surface area contributed by atoms with E-state index in [1.807, 2.05) is 24.4 Å². The lowest BCUT2D eigenvalue weighted by Crippen LogP contribution is -2.31. The molecule has 5 nitrogen and oxygen atoms in total. The molecule has 5 heteroatoms. The largest absolute Gasteiger partial charge is 0.370 e. The van der Waals surface area contributed by atoms with Crippen molar-refractivity contribution in [2.24, 2.45) is 5.92 Å². The lowest BCUT2D eigenvalue weighted by molar-refractivity contribution is -0.121. The summed E-state index contributed by atoms with van der Waals surface area (Å²) in [5, 5.41) is 6.44. The Balaban J connectivity index is 1.32. The zero-order valence-electron chi connectivity index (χ0n) is 12.4. The van der Waals surface area contributed by atoms with Crippen molar-refractivity contribution in [3.8, 4) is 0 Å². The zero-order valence-corrected chi connectivity index (χ0v) is 12.4. The number of nitrogens with zero attached hydrogens (tertiary/aromatic N) is 2. The van der Waals surface area contributed by atoms with Crippen LogP contribution in [-0.4, -0.2) is 48.0 Å². The molecule has 1 aromatic rings. The smallest absolute Gasteiger partial charge is 0.221 e. The van der Waals surface area contributed by atoms with E-state index in [1.165, 1.54) is 6.42 Å². The molecule has 3 rings (SSSR count).